The standard InChI is InChI=1S/C10H19N3/c1-4-9(3)6-11-10-7-12-13(5-2)8-10/h7-9,11H,4-6H2,1-3H3. The molecule has 1 N–H and O–H groups in total. The summed E-state index contributed by atoms with van der Waals surface area (Å²) in [6, 6.07) is 0. The van der Waals surface area contributed by atoms with Crippen LogP contribution in [0.5, 0.6) is 0 Å². The predicted octanol–water partition coefficient (Wildman–Crippen LogP) is 2.36. The minimum atomic E-state index is 0.727. The van der Waals surface area contributed by atoms with E-state index in [0.29, 0.717) is 0 Å². The number of nitrogens with zero attached hydrogens (tertiary/aromatic N) is 2. The van der Waals surface area contributed by atoms with Gasteiger partial charge in [0.1, 0.15) is 0 Å². The summed E-state index contributed by atoms with van der Waals surface area (Å²) in [5.74, 6) is 0.727. The van der Waals surface area contributed by atoms with E-state index in [9.17, 15) is 0 Å². The van der Waals surface area contributed by atoms with Crippen molar-refractivity contribution in [2.75, 3.05) is 11.9 Å². The van der Waals surface area contributed by atoms with Crippen molar-refractivity contribution in [3.63, 3.8) is 0 Å². The summed E-state index contributed by atoms with van der Waals surface area (Å²) < 4.78 is 1.93. The van der Waals surface area contributed by atoms with Gasteiger partial charge in [-0.1, -0.05) is 20.3 Å². The fourth-order valence-corrected chi connectivity index (χ4v) is 1.06. The van der Waals surface area contributed by atoms with E-state index in [2.05, 4.69) is 31.2 Å². The lowest BCUT2D eigenvalue weighted by atomic mass is 10.1. The van der Waals surface area contributed by atoms with Gasteiger partial charge in [-0.15, -0.1) is 0 Å². The van der Waals surface area contributed by atoms with E-state index in [1.807, 2.05) is 17.1 Å². The Labute approximate surface area is 80.1 Å². The van der Waals surface area contributed by atoms with E-state index in [0.717, 1.165) is 24.7 Å². The molecule has 0 saturated heterocycles. The second-order valence-electron chi connectivity index (χ2n) is 3.48. The number of aromatic nitrogens is 2. The minimum Gasteiger partial charge on any atom is -0.382 e. The van der Waals surface area contributed by atoms with Crippen LogP contribution in [0.4, 0.5) is 5.69 Å². The van der Waals surface area contributed by atoms with Gasteiger partial charge in [0.15, 0.2) is 0 Å². The highest BCUT2D eigenvalue weighted by Crippen LogP contribution is 2.07. The highest BCUT2D eigenvalue weighted by molar-refractivity contribution is 5.37. The van der Waals surface area contributed by atoms with E-state index in [4.69, 9.17) is 0 Å². The summed E-state index contributed by atoms with van der Waals surface area (Å²) in [7, 11) is 0. The van der Waals surface area contributed by atoms with Crippen LogP contribution in [0.3, 0.4) is 0 Å². The molecule has 1 atom stereocenters. The SMILES string of the molecule is CCC(C)CNc1cnn(CC)c1. The van der Waals surface area contributed by atoms with Gasteiger partial charge >= 0.3 is 0 Å². The number of hydrogen-bond donors (Lipinski definition) is 1. The Kier molecular flexibility index (Phi) is 3.80. The third-order valence-corrected chi connectivity index (χ3v) is 2.31. The summed E-state index contributed by atoms with van der Waals surface area (Å²) in [4.78, 5) is 0. The quantitative estimate of drug-likeness (QED) is 0.755. The Hall–Kier alpha value is -0.990. The van der Waals surface area contributed by atoms with Gasteiger partial charge in [0.2, 0.25) is 0 Å². The normalized spacial score (nSPS) is 12.8. The van der Waals surface area contributed by atoms with Crippen LogP contribution in [-0.4, -0.2) is 16.3 Å². The molecule has 74 valence electrons. The second kappa shape index (κ2) is 4.90. The molecule has 0 aliphatic heterocycles. The monoisotopic (exact) mass is 181 g/mol. The van der Waals surface area contributed by atoms with Gasteiger partial charge in [0, 0.05) is 19.3 Å². The fourth-order valence-electron chi connectivity index (χ4n) is 1.06. The minimum absolute atomic E-state index is 0.727. The Bertz CT molecular complexity index is 242. The molecule has 3 nitrogen and oxygen atoms in total. The molecule has 13 heavy (non-hydrogen) atoms. The Morgan fingerprint density at radius 3 is 2.85 bits per heavy atom. The van der Waals surface area contributed by atoms with Crippen molar-refractivity contribution in [1.82, 2.24) is 9.78 Å². The Morgan fingerprint density at radius 2 is 2.31 bits per heavy atom. The number of nitrogens with one attached hydrogen (secondary N) is 1. The summed E-state index contributed by atoms with van der Waals surface area (Å²) >= 11 is 0. The highest BCUT2D eigenvalue weighted by atomic mass is 15.3. The zero-order valence-corrected chi connectivity index (χ0v) is 8.75. The van der Waals surface area contributed by atoms with Crippen molar-refractivity contribution in [3.05, 3.63) is 12.4 Å². The van der Waals surface area contributed by atoms with Crippen LogP contribution in [0.25, 0.3) is 0 Å². The van der Waals surface area contributed by atoms with E-state index in [-0.39, 0.29) is 0 Å². The maximum atomic E-state index is 4.19. The molecule has 0 aromatic carbocycles. The van der Waals surface area contributed by atoms with Crippen LogP contribution < -0.4 is 5.32 Å². The molecular formula is C10H19N3. The topological polar surface area (TPSA) is 29.9 Å². The van der Waals surface area contributed by atoms with Crippen molar-refractivity contribution in [2.45, 2.75) is 33.7 Å². The number of anilines is 1. The average molecular weight is 181 g/mol. The van der Waals surface area contributed by atoms with Crippen molar-refractivity contribution in [1.29, 1.82) is 0 Å². The van der Waals surface area contributed by atoms with Crippen LogP contribution in [0, 0.1) is 5.92 Å². The van der Waals surface area contributed by atoms with Gasteiger partial charge < -0.3 is 5.32 Å². The molecule has 0 saturated carbocycles. The number of aryl methyl sites for hydroxylation is 1. The molecule has 1 aromatic heterocycles. The first-order valence-corrected chi connectivity index (χ1v) is 5.02. The fraction of sp³-hybridized carbons (Fsp3) is 0.700. The van der Waals surface area contributed by atoms with Gasteiger partial charge in [-0.2, -0.15) is 5.10 Å². The largest absolute Gasteiger partial charge is 0.382 e. The Morgan fingerprint density at radius 1 is 1.54 bits per heavy atom. The van der Waals surface area contributed by atoms with Crippen LogP contribution in [0.15, 0.2) is 12.4 Å². The smallest absolute Gasteiger partial charge is 0.0726 e. The molecule has 1 rings (SSSR count). The zero-order chi connectivity index (χ0) is 9.68. The van der Waals surface area contributed by atoms with Gasteiger partial charge in [-0.05, 0) is 12.8 Å². The van der Waals surface area contributed by atoms with Crippen molar-refractivity contribution < 1.29 is 0 Å². The van der Waals surface area contributed by atoms with E-state index in [1.54, 1.807) is 0 Å². The zero-order valence-electron chi connectivity index (χ0n) is 8.75. The van der Waals surface area contributed by atoms with E-state index in [1.165, 1.54) is 6.42 Å². The van der Waals surface area contributed by atoms with Crippen molar-refractivity contribution >= 4 is 5.69 Å². The lowest BCUT2D eigenvalue weighted by Gasteiger charge is -2.08. The number of rotatable bonds is 5. The van der Waals surface area contributed by atoms with E-state index < -0.39 is 0 Å². The van der Waals surface area contributed by atoms with Gasteiger partial charge in [-0.25, -0.2) is 0 Å². The lowest BCUT2D eigenvalue weighted by molar-refractivity contribution is 0.593. The maximum absolute atomic E-state index is 4.19. The third kappa shape index (κ3) is 3.09. The maximum Gasteiger partial charge on any atom is 0.0726 e. The molecule has 0 aliphatic rings. The van der Waals surface area contributed by atoms with Gasteiger partial charge in [0.05, 0.1) is 11.9 Å². The lowest BCUT2D eigenvalue weighted by Crippen LogP contribution is -2.09. The summed E-state index contributed by atoms with van der Waals surface area (Å²) in [6.07, 6.45) is 5.14. The van der Waals surface area contributed by atoms with E-state index >= 15 is 0 Å². The molecule has 0 amide bonds. The van der Waals surface area contributed by atoms with Crippen LogP contribution >= 0.6 is 0 Å². The first-order chi connectivity index (χ1) is 6.26. The molecule has 0 aliphatic carbocycles. The molecule has 1 aromatic rings. The highest BCUT2D eigenvalue weighted by Gasteiger charge is 1.99. The third-order valence-electron chi connectivity index (χ3n) is 2.31. The molecular weight excluding hydrogens is 162 g/mol. The van der Waals surface area contributed by atoms with Crippen LogP contribution in [0.1, 0.15) is 27.2 Å². The first kappa shape index (κ1) is 10.1. The summed E-state index contributed by atoms with van der Waals surface area (Å²) in [5, 5.41) is 7.56. The summed E-state index contributed by atoms with van der Waals surface area (Å²) in [5.41, 5.74) is 1.13. The Balaban J connectivity index is 2.36. The van der Waals surface area contributed by atoms with Crippen molar-refractivity contribution in [2.24, 2.45) is 5.92 Å². The average Bonchev–Trinajstić information content (AvgIpc) is 2.61. The predicted molar refractivity (Wildman–Crippen MR) is 55.8 cm³/mol. The number of hydrogen-bond acceptors (Lipinski definition) is 2. The van der Waals surface area contributed by atoms with Crippen molar-refractivity contribution in [3.8, 4) is 0 Å². The molecule has 0 spiro atoms. The van der Waals surface area contributed by atoms with Crippen LogP contribution in [0.2, 0.25) is 0 Å². The second-order valence-corrected chi connectivity index (χ2v) is 3.48. The molecule has 0 radical (unpaired) electrons. The molecule has 0 bridgehead atoms. The summed E-state index contributed by atoms with van der Waals surface area (Å²) in [6.45, 7) is 8.52. The molecule has 3 heteroatoms. The van der Waals surface area contributed by atoms with Gasteiger partial charge in [0.25, 0.3) is 0 Å². The molecule has 1 unspecified atom stereocenters. The van der Waals surface area contributed by atoms with Gasteiger partial charge in [-0.3, -0.25) is 4.68 Å². The van der Waals surface area contributed by atoms with Crippen LogP contribution in [-0.2, 0) is 6.54 Å². The molecule has 1 heterocycles. The molecule has 0 fully saturated rings. The first-order valence-electron chi connectivity index (χ1n) is 5.02.